The first-order valence-corrected chi connectivity index (χ1v) is 6.90. The van der Waals surface area contributed by atoms with Gasteiger partial charge < -0.3 is 9.88 Å². The number of pyridine rings is 1. The molecule has 1 fully saturated rings. The van der Waals surface area contributed by atoms with Crippen molar-refractivity contribution in [2.45, 2.75) is 25.3 Å². The van der Waals surface area contributed by atoms with Gasteiger partial charge in [0, 0.05) is 35.7 Å². The Balaban J connectivity index is 2.18. The van der Waals surface area contributed by atoms with Crippen LogP contribution < -0.4 is 5.56 Å². The van der Waals surface area contributed by atoms with E-state index in [1.807, 2.05) is 4.90 Å². The van der Waals surface area contributed by atoms with Crippen LogP contribution in [0.1, 0.15) is 29.6 Å². The molecule has 0 aliphatic heterocycles. The summed E-state index contributed by atoms with van der Waals surface area (Å²) in [4.78, 5) is 27.9. The number of carbonyl (C=O) groups excluding carboxylic acids is 1. The molecule has 17 heavy (non-hydrogen) atoms. The average molecular weight is 299 g/mol. The first kappa shape index (κ1) is 12.4. The second-order valence-electron chi connectivity index (χ2n) is 4.21. The maximum absolute atomic E-state index is 12.3. The fraction of sp³-hybridized carbons (Fsp3) is 0.500. The van der Waals surface area contributed by atoms with Gasteiger partial charge in [0.1, 0.15) is 0 Å². The van der Waals surface area contributed by atoms with Crippen LogP contribution in [0, 0.1) is 0 Å². The lowest BCUT2D eigenvalue weighted by molar-refractivity contribution is 0.0599. The molecule has 92 valence electrons. The zero-order valence-electron chi connectivity index (χ0n) is 9.49. The van der Waals surface area contributed by atoms with E-state index in [1.54, 1.807) is 6.07 Å². The van der Waals surface area contributed by atoms with E-state index >= 15 is 0 Å². The molecule has 0 radical (unpaired) electrons. The van der Waals surface area contributed by atoms with Crippen molar-refractivity contribution in [3.05, 3.63) is 34.2 Å². The van der Waals surface area contributed by atoms with Crippen molar-refractivity contribution in [1.82, 2.24) is 9.88 Å². The predicted molar refractivity (Wildman–Crippen MR) is 69.5 cm³/mol. The Hall–Kier alpha value is -1.10. The molecule has 0 atom stereocenters. The van der Waals surface area contributed by atoms with E-state index in [0.29, 0.717) is 18.2 Å². The number of nitrogens with zero attached hydrogens (tertiary/aromatic N) is 1. The summed E-state index contributed by atoms with van der Waals surface area (Å²) in [7, 11) is 0. The SMILES string of the molecule is O=C(c1cc[nH]c(=O)c1)N(CCBr)C1CCC1. The zero-order chi connectivity index (χ0) is 12.3. The number of alkyl halides is 1. The van der Waals surface area contributed by atoms with Crippen molar-refractivity contribution in [3.63, 3.8) is 0 Å². The molecule has 1 aliphatic rings. The summed E-state index contributed by atoms with van der Waals surface area (Å²) < 4.78 is 0. The quantitative estimate of drug-likeness (QED) is 0.861. The van der Waals surface area contributed by atoms with Gasteiger partial charge in [0.25, 0.3) is 5.91 Å². The van der Waals surface area contributed by atoms with Gasteiger partial charge in [-0.05, 0) is 25.3 Å². The molecule has 0 unspecified atom stereocenters. The molecule has 0 bridgehead atoms. The fourth-order valence-electron chi connectivity index (χ4n) is 1.98. The van der Waals surface area contributed by atoms with E-state index in [0.717, 1.165) is 18.2 Å². The van der Waals surface area contributed by atoms with Gasteiger partial charge in [-0.3, -0.25) is 9.59 Å². The highest BCUT2D eigenvalue weighted by Crippen LogP contribution is 2.26. The molecular weight excluding hydrogens is 284 g/mol. The summed E-state index contributed by atoms with van der Waals surface area (Å²) in [5.41, 5.74) is 0.241. The number of nitrogens with one attached hydrogen (secondary N) is 1. The summed E-state index contributed by atoms with van der Waals surface area (Å²) >= 11 is 3.37. The Kier molecular flexibility index (Phi) is 3.99. The second kappa shape index (κ2) is 5.49. The van der Waals surface area contributed by atoms with Crippen LogP contribution in [-0.4, -0.2) is 33.7 Å². The Morgan fingerprint density at radius 2 is 2.29 bits per heavy atom. The van der Waals surface area contributed by atoms with Crippen LogP contribution in [0.3, 0.4) is 0 Å². The third kappa shape index (κ3) is 2.77. The standard InChI is InChI=1S/C12H15BrN2O2/c13-5-7-15(10-2-1-3-10)12(17)9-4-6-14-11(16)8-9/h4,6,8,10H,1-3,5,7H2,(H,14,16). The van der Waals surface area contributed by atoms with Gasteiger partial charge in [-0.25, -0.2) is 0 Å². The molecule has 1 saturated carbocycles. The van der Waals surface area contributed by atoms with Gasteiger partial charge in [0.2, 0.25) is 5.56 Å². The van der Waals surface area contributed by atoms with Crippen LogP contribution in [0.4, 0.5) is 0 Å². The van der Waals surface area contributed by atoms with Crippen molar-refractivity contribution in [2.75, 3.05) is 11.9 Å². The minimum absolute atomic E-state index is 0.0414. The molecule has 1 aliphatic carbocycles. The summed E-state index contributed by atoms with van der Waals surface area (Å²) in [6.45, 7) is 0.691. The first-order valence-electron chi connectivity index (χ1n) is 5.78. The molecule has 5 heteroatoms. The number of rotatable bonds is 4. The number of halogens is 1. The summed E-state index contributed by atoms with van der Waals surface area (Å²) in [6.07, 6.45) is 4.85. The van der Waals surface area contributed by atoms with Crippen molar-refractivity contribution in [1.29, 1.82) is 0 Å². The molecule has 1 aromatic rings. The number of aromatic amines is 1. The Morgan fingerprint density at radius 3 is 2.82 bits per heavy atom. The van der Waals surface area contributed by atoms with E-state index in [2.05, 4.69) is 20.9 Å². The van der Waals surface area contributed by atoms with Gasteiger partial charge in [-0.15, -0.1) is 0 Å². The minimum Gasteiger partial charge on any atom is -0.335 e. The number of H-pyrrole nitrogens is 1. The molecule has 4 nitrogen and oxygen atoms in total. The van der Waals surface area contributed by atoms with Crippen molar-refractivity contribution < 1.29 is 4.79 Å². The Labute approximate surface area is 108 Å². The van der Waals surface area contributed by atoms with Crippen molar-refractivity contribution in [3.8, 4) is 0 Å². The summed E-state index contributed by atoms with van der Waals surface area (Å²) in [6, 6.07) is 3.37. The third-order valence-electron chi connectivity index (χ3n) is 3.12. The molecule has 0 spiro atoms. The van der Waals surface area contributed by atoms with Crippen LogP contribution in [0.2, 0.25) is 0 Å². The Morgan fingerprint density at radius 1 is 1.53 bits per heavy atom. The predicted octanol–water partition coefficient (Wildman–Crippen LogP) is 1.76. The van der Waals surface area contributed by atoms with Gasteiger partial charge in [0.15, 0.2) is 0 Å². The van der Waals surface area contributed by atoms with Crippen LogP contribution in [-0.2, 0) is 0 Å². The lowest BCUT2D eigenvalue weighted by Crippen LogP contribution is -2.45. The van der Waals surface area contributed by atoms with Crippen molar-refractivity contribution >= 4 is 21.8 Å². The molecule has 1 aromatic heterocycles. The lowest BCUT2D eigenvalue weighted by Gasteiger charge is -2.37. The molecule has 2 rings (SSSR count). The third-order valence-corrected chi connectivity index (χ3v) is 3.48. The smallest absolute Gasteiger partial charge is 0.254 e. The lowest BCUT2D eigenvalue weighted by atomic mass is 9.91. The topological polar surface area (TPSA) is 53.2 Å². The number of carbonyl (C=O) groups is 1. The van der Waals surface area contributed by atoms with Gasteiger partial charge in [0.05, 0.1) is 0 Å². The molecule has 1 heterocycles. The molecule has 1 amide bonds. The molecule has 0 aromatic carbocycles. The summed E-state index contributed by atoms with van der Waals surface area (Å²) in [5.74, 6) is -0.0414. The van der Waals surface area contributed by atoms with E-state index in [4.69, 9.17) is 0 Å². The highest BCUT2D eigenvalue weighted by Gasteiger charge is 2.28. The van der Waals surface area contributed by atoms with E-state index < -0.39 is 0 Å². The average Bonchev–Trinajstić information content (AvgIpc) is 2.25. The van der Waals surface area contributed by atoms with Crippen LogP contribution in [0.15, 0.2) is 23.1 Å². The normalized spacial score (nSPS) is 15.4. The first-order chi connectivity index (χ1) is 8.22. The van der Waals surface area contributed by atoms with E-state index in [-0.39, 0.29) is 11.5 Å². The largest absolute Gasteiger partial charge is 0.335 e. The second-order valence-corrected chi connectivity index (χ2v) is 5.01. The van der Waals surface area contributed by atoms with Gasteiger partial charge >= 0.3 is 0 Å². The zero-order valence-corrected chi connectivity index (χ0v) is 11.1. The highest BCUT2D eigenvalue weighted by atomic mass is 79.9. The maximum Gasteiger partial charge on any atom is 0.254 e. The van der Waals surface area contributed by atoms with Gasteiger partial charge in [-0.1, -0.05) is 15.9 Å². The molecular formula is C12H15BrN2O2. The van der Waals surface area contributed by atoms with Crippen LogP contribution in [0.25, 0.3) is 0 Å². The Bertz CT molecular complexity index is 454. The maximum atomic E-state index is 12.3. The minimum atomic E-state index is -0.233. The van der Waals surface area contributed by atoms with Crippen LogP contribution >= 0.6 is 15.9 Å². The number of amides is 1. The fourth-order valence-corrected chi connectivity index (χ4v) is 2.36. The van der Waals surface area contributed by atoms with Crippen LogP contribution in [0.5, 0.6) is 0 Å². The number of hydrogen-bond acceptors (Lipinski definition) is 2. The van der Waals surface area contributed by atoms with Crippen molar-refractivity contribution in [2.24, 2.45) is 0 Å². The monoisotopic (exact) mass is 298 g/mol. The number of hydrogen-bond donors (Lipinski definition) is 1. The summed E-state index contributed by atoms with van der Waals surface area (Å²) in [5, 5.41) is 0.762. The molecule has 0 saturated heterocycles. The van der Waals surface area contributed by atoms with Gasteiger partial charge in [-0.2, -0.15) is 0 Å². The number of aromatic nitrogens is 1. The van der Waals surface area contributed by atoms with E-state index in [9.17, 15) is 9.59 Å². The van der Waals surface area contributed by atoms with E-state index in [1.165, 1.54) is 18.7 Å². The molecule has 1 N–H and O–H groups in total. The highest BCUT2D eigenvalue weighted by molar-refractivity contribution is 9.09.